The van der Waals surface area contributed by atoms with E-state index >= 15 is 0 Å². The van der Waals surface area contributed by atoms with Gasteiger partial charge in [0.2, 0.25) is 0 Å². The average molecular weight is 212 g/mol. The van der Waals surface area contributed by atoms with Gasteiger partial charge in [-0.2, -0.15) is 22.0 Å². The van der Waals surface area contributed by atoms with Crippen molar-refractivity contribution in [1.29, 1.82) is 0 Å². The summed E-state index contributed by atoms with van der Waals surface area (Å²) < 4.78 is 67.9. The van der Waals surface area contributed by atoms with E-state index in [1.165, 1.54) is 0 Å². The molecule has 8 heteroatoms. The van der Waals surface area contributed by atoms with Gasteiger partial charge in [-0.25, -0.2) is 4.39 Å². The van der Waals surface area contributed by atoms with Crippen molar-refractivity contribution < 1.29 is 36.2 Å². The van der Waals surface area contributed by atoms with Crippen LogP contribution >= 0.6 is 0 Å². The molecule has 0 fully saturated rings. The molecule has 0 saturated carbocycles. The Morgan fingerprint density at radius 3 is 1.46 bits per heavy atom. The van der Waals surface area contributed by atoms with Crippen molar-refractivity contribution in [3.63, 3.8) is 0 Å². The Morgan fingerprint density at radius 1 is 1.23 bits per heavy atom. The van der Waals surface area contributed by atoms with Crippen LogP contribution < -0.4 is 0 Å². The van der Waals surface area contributed by atoms with Gasteiger partial charge in [-0.15, -0.1) is 0 Å². The van der Waals surface area contributed by atoms with Crippen LogP contribution in [0.25, 0.3) is 0 Å². The molecule has 0 aromatic carbocycles. The molecule has 0 radical (unpaired) electrons. The van der Waals surface area contributed by atoms with Crippen LogP contribution in [0.15, 0.2) is 0 Å². The number of hydrogen-bond donors (Lipinski definition) is 1. The van der Waals surface area contributed by atoms with Crippen molar-refractivity contribution >= 4 is 6.47 Å². The molecule has 0 amide bonds. The molecule has 0 rings (SSSR count). The van der Waals surface area contributed by atoms with Crippen molar-refractivity contribution in [3.8, 4) is 0 Å². The van der Waals surface area contributed by atoms with Gasteiger partial charge in [-0.05, 0) is 6.92 Å². The summed E-state index contributed by atoms with van der Waals surface area (Å²) >= 11 is 0. The second kappa shape index (κ2) is 4.93. The maximum atomic E-state index is 11.6. The van der Waals surface area contributed by atoms with Crippen LogP contribution in [0.4, 0.5) is 26.3 Å². The Bertz CT molecular complexity index is 152. The van der Waals surface area contributed by atoms with Gasteiger partial charge in [0.1, 0.15) is 0 Å². The fraction of sp³-hybridized carbons (Fsp3) is 0.800. The minimum atomic E-state index is -5.79. The van der Waals surface area contributed by atoms with Gasteiger partial charge in [0, 0.05) is 0 Å². The van der Waals surface area contributed by atoms with Gasteiger partial charge < -0.3 is 5.11 Å². The van der Waals surface area contributed by atoms with Crippen molar-refractivity contribution in [2.45, 2.75) is 25.2 Å². The topological polar surface area (TPSA) is 37.3 Å². The van der Waals surface area contributed by atoms with E-state index in [9.17, 15) is 26.3 Å². The van der Waals surface area contributed by atoms with Crippen molar-refractivity contribution in [1.82, 2.24) is 0 Å². The quantitative estimate of drug-likeness (QED) is 0.534. The Kier molecular flexibility index (Phi) is 5.52. The summed E-state index contributed by atoms with van der Waals surface area (Å²) in [4.78, 5) is 8.36. The molecule has 0 heterocycles. The molecule has 13 heavy (non-hydrogen) atoms. The van der Waals surface area contributed by atoms with Gasteiger partial charge in [0.15, 0.2) is 6.17 Å². The third-order valence-corrected chi connectivity index (χ3v) is 0.878. The molecule has 0 aromatic heterocycles. The second-order valence-corrected chi connectivity index (χ2v) is 1.84. The maximum Gasteiger partial charge on any atom is 0.456 e. The normalized spacial score (nSPS) is 14.1. The third-order valence-electron chi connectivity index (χ3n) is 0.878. The highest BCUT2D eigenvalue weighted by atomic mass is 19.4. The van der Waals surface area contributed by atoms with Crippen LogP contribution in [0.2, 0.25) is 0 Å². The summed E-state index contributed by atoms with van der Waals surface area (Å²) in [6.07, 6.45) is -8.99. The predicted octanol–water partition coefficient (Wildman–Crippen LogP) is 2.24. The number of carboxylic acid groups (broad SMARTS) is 1. The lowest BCUT2D eigenvalue weighted by atomic mass is 10.2. The van der Waals surface area contributed by atoms with Crippen molar-refractivity contribution in [2.24, 2.45) is 0 Å². The number of hydrogen-bond acceptors (Lipinski definition) is 1. The van der Waals surface area contributed by atoms with Crippen LogP contribution in [-0.2, 0) is 4.79 Å². The van der Waals surface area contributed by atoms with Gasteiger partial charge in [-0.3, -0.25) is 4.79 Å². The molecule has 0 bridgehead atoms. The van der Waals surface area contributed by atoms with E-state index in [-0.39, 0.29) is 13.4 Å². The summed E-state index contributed by atoms with van der Waals surface area (Å²) in [5.74, 6) is -5.23. The van der Waals surface area contributed by atoms with Gasteiger partial charge in [-0.1, -0.05) is 0 Å². The van der Waals surface area contributed by atoms with E-state index in [0.29, 0.717) is 0 Å². The summed E-state index contributed by atoms with van der Waals surface area (Å²) in [5, 5.41) is 6.89. The first-order valence-corrected chi connectivity index (χ1v) is 2.77. The highest BCUT2D eigenvalue weighted by Crippen LogP contribution is 2.38. The molecular weight excluding hydrogens is 206 g/mol. The third kappa shape index (κ3) is 4.58. The lowest BCUT2D eigenvalue weighted by Crippen LogP contribution is -2.43. The van der Waals surface area contributed by atoms with Gasteiger partial charge >= 0.3 is 12.1 Å². The van der Waals surface area contributed by atoms with E-state index in [1.54, 1.807) is 0 Å². The number of halogens is 6. The molecule has 0 aliphatic rings. The second-order valence-electron chi connectivity index (χ2n) is 1.84. The Morgan fingerprint density at radius 2 is 1.46 bits per heavy atom. The zero-order valence-electron chi connectivity index (χ0n) is 6.28. The smallest absolute Gasteiger partial charge is 0.456 e. The SMILES string of the molecule is CC(F)C(F)(F)C(F)(F)F.O=CO. The van der Waals surface area contributed by atoms with Crippen LogP contribution in [0.3, 0.4) is 0 Å². The van der Waals surface area contributed by atoms with Gasteiger partial charge in [0.05, 0.1) is 0 Å². The monoisotopic (exact) mass is 212 g/mol. The summed E-state index contributed by atoms with van der Waals surface area (Å²) in [6.45, 7) is -0.0898. The van der Waals surface area contributed by atoms with Crippen LogP contribution in [-0.4, -0.2) is 29.8 Å². The lowest BCUT2D eigenvalue weighted by Gasteiger charge is -2.19. The predicted molar refractivity (Wildman–Crippen MR) is 30.3 cm³/mol. The summed E-state index contributed by atoms with van der Waals surface area (Å²) in [7, 11) is 0. The Balaban J connectivity index is 0. The number of carbonyl (C=O) groups is 1. The number of alkyl halides is 6. The molecule has 1 unspecified atom stereocenters. The zero-order chi connectivity index (χ0) is 11.3. The number of rotatable bonds is 1. The first kappa shape index (κ1) is 14.6. The fourth-order valence-electron chi connectivity index (χ4n) is 0.226. The zero-order valence-corrected chi connectivity index (χ0v) is 6.28. The summed E-state index contributed by atoms with van der Waals surface area (Å²) in [6, 6.07) is 0. The molecule has 80 valence electrons. The lowest BCUT2D eigenvalue weighted by molar-refractivity contribution is -0.300. The van der Waals surface area contributed by atoms with Crippen LogP contribution in [0.5, 0.6) is 0 Å². The molecule has 0 spiro atoms. The standard InChI is InChI=1S/C4H4F6.CH2O2/c1-2(5)3(6,7)4(8,9)10;2-1-3/h2H,1H3;1H,(H,2,3). The first-order valence-electron chi connectivity index (χ1n) is 2.77. The van der Waals surface area contributed by atoms with Crippen LogP contribution in [0, 0.1) is 0 Å². The molecule has 0 saturated heterocycles. The van der Waals surface area contributed by atoms with Crippen molar-refractivity contribution in [2.75, 3.05) is 0 Å². The molecule has 0 aliphatic heterocycles. The Labute approximate surface area is 69.2 Å². The van der Waals surface area contributed by atoms with Crippen molar-refractivity contribution in [3.05, 3.63) is 0 Å². The van der Waals surface area contributed by atoms with E-state index in [1.807, 2.05) is 0 Å². The molecular formula is C5H6F6O2. The molecule has 2 nitrogen and oxygen atoms in total. The molecule has 1 atom stereocenters. The largest absolute Gasteiger partial charge is 0.483 e. The minimum Gasteiger partial charge on any atom is -0.483 e. The maximum absolute atomic E-state index is 11.6. The highest BCUT2D eigenvalue weighted by molar-refractivity contribution is 5.32. The molecule has 1 N–H and O–H groups in total. The fourth-order valence-corrected chi connectivity index (χ4v) is 0.226. The van der Waals surface area contributed by atoms with E-state index < -0.39 is 18.3 Å². The molecule has 0 aromatic rings. The van der Waals surface area contributed by atoms with E-state index in [0.717, 1.165) is 0 Å². The first-order chi connectivity index (χ1) is 5.61. The summed E-state index contributed by atoms with van der Waals surface area (Å²) in [5.41, 5.74) is 0. The van der Waals surface area contributed by atoms with Gasteiger partial charge in [0.25, 0.3) is 6.47 Å². The Hall–Kier alpha value is -0.950. The average Bonchev–Trinajstić information content (AvgIpc) is 1.86. The molecule has 0 aliphatic carbocycles. The minimum absolute atomic E-state index is 0.160. The van der Waals surface area contributed by atoms with E-state index in [2.05, 4.69) is 0 Å². The van der Waals surface area contributed by atoms with E-state index in [4.69, 9.17) is 9.90 Å². The highest BCUT2D eigenvalue weighted by Gasteiger charge is 2.61. The van der Waals surface area contributed by atoms with Crippen LogP contribution in [0.1, 0.15) is 6.92 Å².